The summed E-state index contributed by atoms with van der Waals surface area (Å²) < 4.78 is 1.92. The highest BCUT2D eigenvalue weighted by molar-refractivity contribution is 7.20. The van der Waals surface area contributed by atoms with E-state index in [0.29, 0.717) is 15.6 Å². The lowest BCUT2D eigenvalue weighted by Gasteiger charge is -2.06. The van der Waals surface area contributed by atoms with E-state index in [0.717, 1.165) is 32.7 Å². The predicted octanol–water partition coefficient (Wildman–Crippen LogP) is 5.92. The van der Waals surface area contributed by atoms with Crippen LogP contribution in [0.4, 0.5) is 5.69 Å². The average Bonchev–Trinajstić information content (AvgIpc) is 3.20. The lowest BCUT2D eigenvalue weighted by Crippen LogP contribution is -2.10. The highest BCUT2D eigenvalue weighted by atomic mass is 35.5. The predicted molar refractivity (Wildman–Crippen MR) is 113 cm³/mol. The molecule has 4 nitrogen and oxygen atoms in total. The van der Waals surface area contributed by atoms with Crippen LogP contribution >= 0.6 is 22.9 Å². The first-order valence-electron chi connectivity index (χ1n) is 8.56. The van der Waals surface area contributed by atoms with Gasteiger partial charge in [0.2, 0.25) is 0 Å². The summed E-state index contributed by atoms with van der Waals surface area (Å²) >= 11 is 7.59. The zero-order chi connectivity index (χ0) is 19.1. The molecule has 27 heavy (non-hydrogen) atoms. The second-order valence-electron chi connectivity index (χ2n) is 6.53. The zero-order valence-electron chi connectivity index (χ0n) is 15.2. The number of hydrogen-bond donors (Lipinski definition) is 1. The van der Waals surface area contributed by atoms with E-state index in [2.05, 4.69) is 23.4 Å². The van der Waals surface area contributed by atoms with Crippen LogP contribution in [-0.4, -0.2) is 15.7 Å². The molecule has 0 aliphatic heterocycles. The summed E-state index contributed by atoms with van der Waals surface area (Å²) in [5.41, 5.74) is 4.73. The Labute approximate surface area is 166 Å². The minimum Gasteiger partial charge on any atom is -0.321 e. The Kier molecular flexibility index (Phi) is 4.50. The molecule has 1 N–H and O–H groups in total. The smallest absolute Gasteiger partial charge is 0.265 e. The first-order valence-corrected chi connectivity index (χ1v) is 9.76. The lowest BCUT2D eigenvalue weighted by atomic mass is 10.2. The molecule has 0 radical (unpaired) electrons. The van der Waals surface area contributed by atoms with Crippen molar-refractivity contribution in [3.8, 4) is 5.69 Å². The Morgan fingerprint density at radius 2 is 1.85 bits per heavy atom. The van der Waals surface area contributed by atoms with Gasteiger partial charge >= 0.3 is 0 Å². The van der Waals surface area contributed by atoms with Crippen LogP contribution in [0.2, 0.25) is 5.02 Å². The van der Waals surface area contributed by atoms with Gasteiger partial charge in [0.1, 0.15) is 4.83 Å². The van der Waals surface area contributed by atoms with E-state index in [1.54, 1.807) is 6.07 Å². The van der Waals surface area contributed by atoms with Crippen LogP contribution in [0.25, 0.3) is 15.9 Å². The fourth-order valence-electron chi connectivity index (χ4n) is 2.99. The number of halogens is 1. The third-order valence-corrected chi connectivity index (χ3v) is 6.06. The molecule has 0 fully saturated rings. The molecular weight excluding hydrogens is 378 g/mol. The van der Waals surface area contributed by atoms with E-state index in [1.807, 2.05) is 54.9 Å². The fraction of sp³-hybridized carbons (Fsp3) is 0.143. The molecule has 0 atom stereocenters. The molecule has 4 rings (SSSR count). The van der Waals surface area contributed by atoms with E-state index in [4.69, 9.17) is 11.6 Å². The third kappa shape index (κ3) is 3.24. The van der Waals surface area contributed by atoms with Crippen molar-refractivity contribution in [2.75, 3.05) is 5.32 Å². The van der Waals surface area contributed by atoms with Crippen molar-refractivity contribution in [3.05, 3.63) is 75.3 Å². The number of para-hydroxylation sites is 1. The van der Waals surface area contributed by atoms with Crippen LogP contribution in [-0.2, 0) is 0 Å². The largest absolute Gasteiger partial charge is 0.321 e. The van der Waals surface area contributed by atoms with Gasteiger partial charge in [-0.1, -0.05) is 35.9 Å². The van der Waals surface area contributed by atoms with Crippen molar-refractivity contribution in [2.24, 2.45) is 0 Å². The number of hydrogen-bond acceptors (Lipinski definition) is 3. The van der Waals surface area contributed by atoms with Crippen molar-refractivity contribution in [2.45, 2.75) is 20.8 Å². The third-order valence-electron chi connectivity index (χ3n) is 4.54. The molecule has 0 aliphatic rings. The van der Waals surface area contributed by atoms with Gasteiger partial charge < -0.3 is 5.32 Å². The summed E-state index contributed by atoms with van der Waals surface area (Å²) in [6.45, 7) is 5.95. The van der Waals surface area contributed by atoms with Crippen molar-refractivity contribution in [1.82, 2.24) is 9.78 Å². The van der Waals surface area contributed by atoms with E-state index in [-0.39, 0.29) is 5.91 Å². The van der Waals surface area contributed by atoms with Crippen LogP contribution in [0, 0.1) is 20.8 Å². The maximum absolute atomic E-state index is 12.7. The molecule has 0 saturated heterocycles. The number of rotatable bonds is 3. The summed E-state index contributed by atoms with van der Waals surface area (Å²) in [6, 6.07) is 15.5. The molecule has 0 spiro atoms. The van der Waals surface area contributed by atoms with Crippen molar-refractivity contribution in [3.63, 3.8) is 0 Å². The van der Waals surface area contributed by atoms with Crippen LogP contribution < -0.4 is 5.32 Å². The normalized spacial score (nSPS) is 11.1. The van der Waals surface area contributed by atoms with Crippen molar-refractivity contribution < 1.29 is 4.79 Å². The molecule has 136 valence electrons. The van der Waals surface area contributed by atoms with E-state index in [9.17, 15) is 4.79 Å². The number of anilines is 1. The number of amides is 1. The molecule has 0 unspecified atom stereocenters. The summed E-state index contributed by atoms with van der Waals surface area (Å²) in [6.07, 6.45) is 0. The highest BCUT2D eigenvalue weighted by Gasteiger charge is 2.18. The van der Waals surface area contributed by atoms with Crippen LogP contribution in [0.1, 0.15) is 26.5 Å². The number of thiophene rings is 1. The molecule has 6 heteroatoms. The number of aromatic nitrogens is 2. The second kappa shape index (κ2) is 6.83. The molecule has 2 aromatic carbocycles. The van der Waals surface area contributed by atoms with Gasteiger partial charge in [-0.15, -0.1) is 11.3 Å². The molecular formula is C21H18ClN3OS. The second-order valence-corrected chi connectivity index (χ2v) is 7.97. The van der Waals surface area contributed by atoms with Gasteiger partial charge in [0.25, 0.3) is 5.91 Å². The topological polar surface area (TPSA) is 46.9 Å². The van der Waals surface area contributed by atoms with Crippen molar-refractivity contribution in [1.29, 1.82) is 0 Å². The van der Waals surface area contributed by atoms with Gasteiger partial charge in [-0.05, 0) is 56.2 Å². The Balaban J connectivity index is 1.71. The van der Waals surface area contributed by atoms with Gasteiger partial charge in [-0.3, -0.25) is 4.79 Å². The first-order chi connectivity index (χ1) is 12.9. The Morgan fingerprint density at radius 3 is 2.59 bits per heavy atom. The summed E-state index contributed by atoms with van der Waals surface area (Å²) in [7, 11) is 0. The molecule has 0 bridgehead atoms. The van der Waals surface area contributed by atoms with Crippen LogP contribution in [0.5, 0.6) is 0 Å². The number of nitrogens with zero attached hydrogens (tertiary/aromatic N) is 2. The van der Waals surface area contributed by atoms with Gasteiger partial charge in [-0.25, -0.2) is 4.68 Å². The lowest BCUT2D eigenvalue weighted by molar-refractivity contribution is 0.103. The molecule has 2 heterocycles. The highest BCUT2D eigenvalue weighted by Crippen LogP contribution is 2.32. The van der Waals surface area contributed by atoms with E-state index < -0.39 is 0 Å². The molecule has 1 amide bonds. The molecule has 4 aromatic rings. The maximum atomic E-state index is 12.7. The number of benzene rings is 2. The van der Waals surface area contributed by atoms with E-state index in [1.165, 1.54) is 11.3 Å². The Bertz CT molecular complexity index is 1180. The van der Waals surface area contributed by atoms with Crippen molar-refractivity contribution >= 4 is 44.7 Å². The monoisotopic (exact) mass is 395 g/mol. The average molecular weight is 396 g/mol. The number of carbonyl (C=O) groups excluding carboxylic acids is 1. The first kappa shape index (κ1) is 17.8. The van der Waals surface area contributed by atoms with Gasteiger partial charge in [0.05, 0.1) is 16.3 Å². The fourth-order valence-corrected chi connectivity index (χ4v) is 4.24. The minimum atomic E-state index is -0.146. The number of carbonyl (C=O) groups is 1. The Hall–Kier alpha value is -2.63. The number of nitrogens with one attached hydrogen (secondary N) is 1. The zero-order valence-corrected chi connectivity index (χ0v) is 16.8. The maximum Gasteiger partial charge on any atom is 0.265 e. The van der Waals surface area contributed by atoms with Gasteiger partial charge in [-0.2, -0.15) is 5.10 Å². The molecule has 2 aromatic heterocycles. The quantitative estimate of drug-likeness (QED) is 0.468. The molecule has 0 aliphatic carbocycles. The van der Waals surface area contributed by atoms with Gasteiger partial charge in [0.15, 0.2) is 0 Å². The van der Waals surface area contributed by atoms with Crippen LogP contribution in [0.15, 0.2) is 48.5 Å². The SMILES string of the molecule is Cc1ccc(NC(=O)c2cc3c(C)nn(-c4ccccc4C)c3s2)cc1Cl. The summed E-state index contributed by atoms with van der Waals surface area (Å²) in [4.78, 5) is 14.3. The number of fused-ring (bicyclic) bond motifs is 1. The minimum absolute atomic E-state index is 0.146. The molecule has 0 saturated carbocycles. The van der Waals surface area contributed by atoms with Gasteiger partial charge in [0, 0.05) is 16.1 Å². The van der Waals surface area contributed by atoms with Crippen LogP contribution in [0.3, 0.4) is 0 Å². The summed E-state index contributed by atoms with van der Waals surface area (Å²) in [5, 5.41) is 9.22. The van der Waals surface area contributed by atoms with E-state index >= 15 is 0 Å². The Morgan fingerprint density at radius 1 is 1.07 bits per heavy atom. The summed E-state index contributed by atoms with van der Waals surface area (Å²) in [5.74, 6) is -0.146. The standard InChI is InChI=1S/C21H18ClN3OS/c1-12-8-9-15(10-17(12)22)23-20(26)19-11-16-14(3)24-25(21(16)27-19)18-7-5-4-6-13(18)2/h4-11H,1-3H3,(H,23,26). The number of aryl methyl sites for hydroxylation is 3.